The summed E-state index contributed by atoms with van der Waals surface area (Å²) < 4.78 is 0.218. The van der Waals surface area contributed by atoms with Gasteiger partial charge in [-0.15, -0.1) is 23.2 Å². The Morgan fingerprint density at radius 3 is 2.46 bits per heavy atom. The van der Waals surface area contributed by atoms with Gasteiger partial charge in [0.1, 0.15) is 4.33 Å². The fourth-order valence-corrected chi connectivity index (χ4v) is 2.90. The minimum atomic E-state index is -1.14. The molecule has 0 aliphatic heterocycles. The normalized spacial score (nSPS) is 21.1. The molecule has 1 atom stereocenters. The molecule has 1 unspecified atom stereocenters. The van der Waals surface area contributed by atoms with Gasteiger partial charge in [0.25, 0.3) is 5.91 Å². The maximum Gasteiger partial charge on any atom is 0.294 e. The molecule has 1 saturated carbocycles. The Balaban J connectivity index is 1.68. The highest BCUT2D eigenvalue weighted by Gasteiger charge is 2.68. The molecule has 9 heteroatoms. The Morgan fingerprint density at radius 2 is 1.88 bits per heavy atom. The molecule has 3 N–H and O–H groups in total. The van der Waals surface area contributed by atoms with Crippen molar-refractivity contribution < 1.29 is 14.7 Å². The summed E-state index contributed by atoms with van der Waals surface area (Å²) in [7, 11) is 0. The second-order valence-electron chi connectivity index (χ2n) is 5.76. The third-order valence-electron chi connectivity index (χ3n) is 3.98. The van der Waals surface area contributed by atoms with Crippen LogP contribution >= 0.6 is 23.2 Å². The summed E-state index contributed by atoms with van der Waals surface area (Å²) in [4.78, 5) is 24.1. The molecule has 1 heterocycles. The number of halogens is 2. The first-order valence-corrected chi connectivity index (χ1v) is 7.83. The van der Waals surface area contributed by atoms with E-state index in [0.717, 1.165) is 0 Å². The molecular weight excluding hydrogens is 355 g/mol. The van der Waals surface area contributed by atoms with E-state index in [2.05, 4.69) is 16.0 Å². The molecule has 126 valence electrons. The van der Waals surface area contributed by atoms with Crippen molar-refractivity contribution in [3.63, 3.8) is 0 Å². The molecule has 1 aromatic carbocycles. The first-order chi connectivity index (χ1) is 11.2. The van der Waals surface area contributed by atoms with E-state index >= 15 is 0 Å². The lowest BCUT2D eigenvalue weighted by molar-refractivity contribution is -0.126. The minimum absolute atomic E-state index is 0.219. The van der Waals surface area contributed by atoms with Crippen LogP contribution in [0.25, 0.3) is 5.69 Å². The summed E-state index contributed by atoms with van der Waals surface area (Å²) in [6.45, 7) is 1.59. The van der Waals surface area contributed by atoms with Gasteiger partial charge in [-0.3, -0.25) is 20.4 Å². The van der Waals surface area contributed by atoms with Crippen LogP contribution in [0.4, 0.5) is 0 Å². The minimum Gasteiger partial charge on any atom is -0.504 e. The number of hydrogen-bond donors (Lipinski definition) is 3. The molecule has 1 aliphatic rings. The molecule has 1 aromatic heterocycles. The zero-order valence-electron chi connectivity index (χ0n) is 12.6. The van der Waals surface area contributed by atoms with Crippen molar-refractivity contribution in [3.8, 4) is 11.4 Å². The maximum absolute atomic E-state index is 12.1. The molecule has 1 aliphatic carbocycles. The Morgan fingerprint density at radius 1 is 1.25 bits per heavy atom. The molecule has 7 nitrogen and oxygen atoms in total. The molecule has 0 bridgehead atoms. The highest BCUT2D eigenvalue weighted by atomic mass is 35.5. The number of carbonyl (C=O) groups is 2. The van der Waals surface area contributed by atoms with E-state index in [1.54, 1.807) is 31.2 Å². The first kappa shape index (κ1) is 16.6. The van der Waals surface area contributed by atoms with Crippen molar-refractivity contribution in [2.45, 2.75) is 17.7 Å². The Hall–Kier alpha value is -2.25. The summed E-state index contributed by atoms with van der Waals surface area (Å²) in [5.74, 6) is -1.58. The van der Waals surface area contributed by atoms with Crippen molar-refractivity contribution in [1.29, 1.82) is 0 Å². The van der Waals surface area contributed by atoms with Crippen LogP contribution < -0.4 is 10.9 Å². The van der Waals surface area contributed by atoms with Crippen molar-refractivity contribution in [1.82, 2.24) is 20.6 Å². The number of alkyl halides is 2. The Kier molecular flexibility index (Phi) is 3.93. The van der Waals surface area contributed by atoms with Crippen LogP contribution in [0, 0.1) is 5.41 Å². The molecule has 0 saturated heterocycles. The number of hydrazine groups is 1. The van der Waals surface area contributed by atoms with Gasteiger partial charge in [0.15, 0.2) is 11.4 Å². The average molecular weight is 369 g/mol. The van der Waals surface area contributed by atoms with Crippen LogP contribution in [0.2, 0.25) is 0 Å². The highest BCUT2D eigenvalue weighted by molar-refractivity contribution is 6.53. The Labute approximate surface area is 147 Å². The fourth-order valence-electron chi connectivity index (χ4n) is 2.20. The average Bonchev–Trinajstić information content (AvgIpc) is 2.89. The van der Waals surface area contributed by atoms with Crippen molar-refractivity contribution in [2.75, 3.05) is 0 Å². The van der Waals surface area contributed by atoms with Gasteiger partial charge >= 0.3 is 0 Å². The predicted molar refractivity (Wildman–Crippen MR) is 88.0 cm³/mol. The van der Waals surface area contributed by atoms with Crippen LogP contribution in [0.3, 0.4) is 0 Å². The summed E-state index contributed by atoms with van der Waals surface area (Å²) in [5, 5.41) is 13.9. The van der Waals surface area contributed by atoms with Crippen LogP contribution in [-0.4, -0.2) is 31.0 Å². The van der Waals surface area contributed by atoms with Crippen LogP contribution in [0.15, 0.2) is 36.5 Å². The molecule has 24 heavy (non-hydrogen) atoms. The van der Waals surface area contributed by atoms with Gasteiger partial charge in [-0.25, -0.2) is 4.68 Å². The summed E-state index contributed by atoms with van der Waals surface area (Å²) in [5.41, 5.74) is 3.94. The van der Waals surface area contributed by atoms with E-state index in [0.29, 0.717) is 12.1 Å². The number of benzene rings is 1. The number of aromatic nitrogens is 2. The Bertz CT molecular complexity index is 806. The zero-order chi connectivity index (χ0) is 17.5. The number of nitrogens with zero attached hydrogens (tertiary/aromatic N) is 2. The lowest BCUT2D eigenvalue weighted by atomic mass is 10.1. The van der Waals surface area contributed by atoms with Crippen LogP contribution in [0.1, 0.15) is 23.8 Å². The monoisotopic (exact) mass is 368 g/mol. The van der Waals surface area contributed by atoms with E-state index < -0.39 is 21.6 Å². The van der Waals surface area contributed by atoms with E-state index in [1.807, 2.05) is 6.07 Å². The molecule has 3 rings (SSSR count). The topological polar surface area (TPSA) is 96.3 Å². The van der Waals surface area contributed by atoms with E-state index in [9.17, 15) is 14.7 Å². The van der Waals surface area contributed by atoms with Crippen molar-refractivity contribution >= 4 is 35.0 Å². The molecule has 0 radical (unpaired) electrons. The quantitative estimate of drug-likeness (QED) is 0.569. The summed E-state index contributed by atoms with van der Waals surface area (Å²) >= 11 is 11.8. The smallest absolute Gasteiger partial charge is 0.294 e. The third kappa shape index (κ3) is 2.81. The SMILES string of the molecule is CC1(C(=O)NNC(=O)c2nn(-c3ccccc3)cc2O)CC1(Cl)Cl. The third-order valence-corrected chi connectivity index (χ3v) is 5.08. The number of para-hydroxylation sites is 1. The maximum atomic E-state index is 12.1. The highest BCUT2D eigenvalue weighted by Crippen LogP contribution is 2.63. The lowest BCUT2D eigenvalue weighted by Crippen LogP contribution is -2.46. The lowest BCUT2D eigenvalue weighted by Gasteiger charge is -2.12. The van der Waals surface area contributed by atoms with Gasteiger partial charge in [0.2, 0.25) is 5.91 Å². The molecular formula is C15H14Cl2N4O3. The van der Waals surface area contributed by atoms with Crippen LogP contribution in [0.5, 0.6) is 5.75 Å². The van der Waals surface area contributed by atoms with Gasteiger partial charge in [-0.1, -0.05) is 18.2 Å². The van der Waals surface area contributed by atoms with Gasteiger partial charge < -0.3 is 5.11 Å². The van der Waals surface area contributed by atoms with E-state index in [1.165, 1.54) is 10.9 Å². The van der Waals surface area contributed by atoms with E-state index in [4.69, 9.17) is 23.2 Å². The van der Waals surface area contributed by atoms with Gasteiger partial charge in [-0.2, -0.15) is 5.10 Å². The number of rotatable bonds is 3. The van der Waals surface area contributed by atoms with Gasteiger partial charge in [0, 0.05) is 0 Å². The zero-order valence-corrected chi connectivity index (χ0v) is 14.1. The van der Waals surface area contributed by atoms with Gasteiger partial charge in [-0.05, 0) is 25.5 Å². The summed E-state index contributed by atoms with van der Waals surface area (Å²) in [6.07, 6.45) is 1.59. The second kappa shape index (κ2) is 5.68. The molecule has 2 aromatic rings. The van der Waals surface area contributed by atoms with Gasteiger partial charge in [0.05, 0.1) is 17.3 Å². The number of nitrogens with one attached hydrogen (secondary N) is 2. The van der Waals surface area contributed by atoms with Crippen molar-refractivity contribution in [3.05, 3.63) is 42.2 Å². The number of carbonyl (C=O) groups excluding carboxylic acids is 2. The molecule has 0 spiro atoms. The molecule has 2 amide bonds. The standard InChI is InChI=1S/C15H14Cl2N4O3/c1-14(8-15(14,16)17)13(24)19-18-12(23)11-10(22)7-21(20-11)9-5-3-2-4-6-9/h2-7,22H,8H2,1H3,(H,18,23)(H,19,24). The largest absolute Gasteiger partial charge is 0.504 e. The first-order valence-electron chi connectivity index (χ1n) is 7.07. The second-order valence-corrected chi connectivity index (χ2v) is 7.25. The molecule has 1 fully saturated rings. The number of aromatic hydroxyl groups is 1. The van der Waals surface area contributed by atoms with Crippen molar-refractivity contribution in [2.24, 2.45) is 5.41 Å². The fraction of sp³-hybridized carbons (Fsp3) is 0.267. The van der Waals surface area contributed by atoms with Crippen LogP contribution in [-0.2, 0) is 4.79 Å². The predicted octanol–water partition coefficient (Wildman–Crippen LogP) is 1.92. The van der Waals surface area contributed by atoms with E-state index in [-0.39, 0.29) is 11.4 Å². The number of amides is 2. The summed E-state index contributed by atoms with van der Waals surface area (Å²) in [6, 6.07) is 8.97. The number of hydrogen-bond acceptors (Lipinski definition) is 4.